The van der Waals surface area contributed by atoms with Crippen molar-refractivity contribution in [1.82, 2.24) is 14.8 Å². The predicted octanol–water partition coefficient (Wildman–Crippen LogP) is 2.38. The topological polar surface area (TPSA) is 71.7 Å². The lowest BCUT2D eigenvalue weighted by Gasteiger charge is -2.33. The number of aromatic nitrogens is 1. The van der Waals surface area contributed by atoms with Gasteiger partial charge in [-0.05, 0) is 51.1 Å². The Bertz CT molecular complexity index is 577. The predicted molar refractivity (Wildman–Crippen MR) is 96.3 cm³/mol. The van der Waals surface area contributed by atoms with Gasteiger partial charge in [-0.1, -0.05) is 6.92 Å². The number of hydrogen-bond donors (Lipinski definition) is 1. The minimum absolute atomic E-state index is 0.188. The van der Waals surface area contributed by atoms with Crippen LogP contribution in [-0.4, -0.2) is 60.2 Å². The van der Waals surface area contributed by atoms with Crippen LogP contribution in [0.25, 0.3) is 0 Å². The molecule has 1 aromatic heterocycles. The lowest BCUT2D eigenvalue weighted by molar-refractivity contribution is 0.130. The molecule has 0 saturated carbocycles. The summed E-state index contributed by atoms with van der Waals surface area (Å²) in [6.45, 7) is 6.08. The van der Waals surface area contributed by atoms with E-state index in [1.807, 2.05) is 4.90 Å². The van der Waals surface area contributed by atoms with Gasteiger partial charge in [0.15, 0.2) is 5.13 Å². The molecule has 134 valence electrons. The average Bonchev–Trinajstić information content (AvgIpc) is 3.19. The number of aryl methyl sites for hydroxylation is 1. The number of nitrogen functional groups attached to an aromatic ring is 1. The first-order valence-corrected chi connectivity index (χ1v) is 9.73. The van der Waals surface area contributed by atoms with Crippen molar-refractivity contribution in [2.45, 2.75) is 45.1 Å². The number of rotatable bonds is 5. The third-order valence-corrected chi connectivity index (χ3v) is 6.35. The number of likely N-dealkylation sites (tertiary alicyclic amines) is 1. The Morgan fingerprint density at radius 2 is 2.33 bits per heavy atom. The maximum Gasteiger partial charge on any atom is 0.409 e. The minimum Gasteiger partial charge on any atom is -0.453 e. The molecule has 1 fully saturated rings. The zero-order chi connectivity index (χ0) is 17.1. The number of likely N-dealkylation sites (N-methyl/N-ethyl adjacent to an activating group) is 1. The van der Waals surface area contributed by atoms with Crippen molar-refractivity contribution in [3.05, 3.63) is 10.6 Å². The number of carbonyl (C=O) groups is 1. The molecule has 0 bridgehead atoms. The molecule has 7 heteroatoms. The van der Waals surface area contributed by atoms with Crippen LogP contribution in [0, 0.1) is 5.92 Å². The van der Waals surface area contributed by atoms with Crippen LogP contribution in [0.5, 0.6) is 0 Å². The van der Waals surface area contributed by atoms with Crippen LogP contribution in [0.2, 0.25) is 0 Å². The number of carbonyl (C=O) groups excluding carboxylic acids is 1. The summed E-state index contributed by atoms with van der Waals surface area (Å²) in [4.78, 5) is 21.8. The summed E-state index contributed by atoms with van der Waals surface area (Å²) in [6, 6.07) is 0.598. The highest BCUT2D eigenvalue weighted by Gasteiger charge is 2.29. The molecule has 1 saturated heterocycles. The van der Waals surface area contributed by atoms with Crippen molar-refractivity contribution in [3.63, 3.8) is 0 Å². The number of amides is 1. The second-order valence-electron chi connectivity index (χ2n) is 6.81. The molecule has 0 aromatic carbocycles. The molecule has 2 aliphatic rings. The van der Waals surface area contributed by atoms with Gasteiger partial charge in [0.1, 0.15) is 0 Å². The zero-order valence-electron chi connectivity index (χ0n) is 14.7. The first kappa shape index (κ1) is 17.5. The Morgan fingerprint density at radius 1 is 1.50 bits per heavy atom. The van der Waals surface area contributed by atoms with Crippen LogP contribution in [0.3, 0.4) is 0 Å². The summed E-state index contributed by atoms with van der Waals surface area (Å²) in [5.41, 5.74) is 7.07. The van der Waals surface area contributed by atoms with E-state index in [1.54, 1.807) is 11.3 Å². The van der Waals surface area contributed by atoms with Crippen LogP contribution in [0.4, 0.5) is 9.93 Å². The number of methoxy groups -OCH3 is 1. The van der Waals surface area contributed by atoms with Gasteiger partial charge in [-0.15, -0.1) is 11.3 Å². The van der Waals surface area contributed by atoms with Crippen molar-refractivity contribution < 1.29 is 9.53 Å². The molecule has 0 radical (unpaired) electrons. The molecule has 0 spiro atoms. The van der Waals surface area contributed by atoms with E-state index in [1.165, 1.54) is 24.1 Å². The Morgan fingerprint density at radius 3 is 3.08 bits per heavy atom. The van der Waals surface area contributed by atoms with Crippen molar-refractivity contribution in [1.29, 1.82) is 0 Å². The number of nitrogens with two attached hydrogens (primary N) is 1. The number of hydrogen-bond acceptors (Lipinski definition) is 6. The van der Waals surface area contributed by atoms with Gasteiger partial charge in [0.05, 0.1) is 12.8 Å². The summed E-state index contributed by atoms with van der Waals surface area (Å²) in [5, 5.41) is 0.706. The third kappa shape index (κ3) is 3.83. The van der Waals surface area contributed by atoms with Crippen LogP contribution in [-0.2, 0) is 17.6 Å². The van der Waals surface area contributed by atoms with Crippen molar-refractivity contribution >= 4 is 22.6 Å². The largest absolute Gasteiger partial charge is 0.453 e. The van der Waals surface area contributed by atoms with Crippen LogP contribution in [0.15, 0.2) is 0 Å². The molecule has 1 amide bonds. The minimum atomic E-state index is -0.188. The molecular weight excluding hydrogens is 324 g/mol. The quantitative estimate of drug-likeness (QED) is 0.881. The van der Waals surface area contributed by atoms with Gasteiger partial charge < -0.3 is 20.3 Å². The van der Waals surface area contributed by atoms with Crippen LogP contribution < -0.4 is 5.73 Å². The standard InChI is InChI=1S/C17H28N4O2S/c1-3-20(8-6-12-7-9-21(11-12)17(22)23-2)13-4-5-14-15(10-13)24-16(18)19-14/h12-13H,3-11H2,1-2H3,(H2,18,19). The lowest BCUT2D eigenvalue weighted by atomic mass is 9.95. The van der Waals surface area contributed by atoms with E-state index >= 15 is 0 Å². The van der Waals surface area contributed by atoms with Gasteiger partial charge in [0.25, 0.3) is 0 Å². The second-order valence-corrected chi connectivity index (χ2v) is 7.92. The Hall–Kier alpha value is -1.34. The number of nitrogens with zero attached hydrogens (tertiary/aromatic N) is 3. The normalized spacial score (nSPS) is 23.5. The smallest absolute Gasteiger partial charge is 0.409 e. The van der Waals surface area contributed by atoms with Gasteiger partial charge >= 0.3 is 6.09 Å². The summed E-state index contributed by atoms with van der Waals surface area (Å²) in [5.74, 6) is 0.594. The van der Waals surface area contributed by atoms with Gasteiger partial charge in [-0.3, -0.25) is 0 Å². The molecule has 1 aliphatic carbocycles. The molecule has 2 atom stereocenters. The fraction of sp³-hybridized carbons (Fsp3) is 0.765. The lowest BCUT2D eigenvalue weighted by Crippen LogP contribution is -2.40. The molecule has 2 heterocycles. The zero-order valence-corrected chi connectivity index (χ0v) is 15.5. The van der Waals surface area contributed by atoms with E-state index in [-0.39, 0.29) is 6.09 Å². The molecule has 24 heavy (non-hydrogen) atoms. The highest BCUT2D eigenvalue weighted by atomic mass is 32.1. The molecule has 6 nitrogen and oxygen atoms in total. The van der Waals surface area contributed by atoms with Crippen molar-refractivity contribution in [2.24, 2.45) is 5.92 Å². The highest BCUT2D eigenvalue weighted by Crippen LogP contribution is 2.30. The van der Waals surface area contributed by atoms with Gasteiger partial charge in [0, 0.05) is 24.0 Å². The third-order valence-electron chi connectivity index (χ3n) is 5.40. The van der Waals surface area contributed by atoms with Gasteiger partial charge in [-0.25, -0.2) is 9.78 Å². The molecule has 2 unspecified atom stereocenters. The SMILES string of the molecule is CCN(CCC1CCN(C(=O)OC)C1)C1CCc2nc(N)sc2C1. The molecule has 3 rings (SSSR count). The maximum atomic E-state index is 11.6. The Labute approximate surface area is 148 Å². The maximum absolute atomic E-state index is 11.6. The number of anilines is 1. The second kappa shape index (κ2) is 7.70. The molecule has 1 aromatic rings. The van der Waals surface area contributed by atoms with E-state index < -0.39 is 0 Å². The summed E-state index contributed by atoms with van der Waals surface area (Å²) in [7, 11) is 1.46. The fourth-order valence-electron chi connectivity index (χ4n) is 4.00. The monoisotopic (exact) mass is 352 g/mol. The van der Waals surface area contributed by atoms with E-state index in [2.05, 4.69) is 16.8 Å². The first-order chi connectivity index (χ1) is 11.6. The highest BCUT2D eigenvalue weighted by molar-refractivity contribution is 7.15. The van der Waals surface area contributed by atoms with Crippen molar-refractivity contribution in [2.75, 3.05) is 39.0 Å². The van der Waals surface area contributed by atoms with E-state index in [4.69, 9.17) is 10.5 Å². The Kier molecular flexibility index (Phi) is 5.61. The first-order valence-electron chi connectivity index (χ1n) is 8.91. The van der Waals surface area contributed by atoms with E-state index in [0.29, 0.717) is 17.1 Å². The number of fused-ring (bicyclic) bond motifs is 1. The Balaban J connectivity index is 1.50. The summed E-state index contributed by atoms with van der Waals surface area (Å²) in [6.07, 6.45) is 5.35. The van der Waals surface area contributed by atoms with Crippen molar-refractivity contribution in [3.8, 4) is 0 Å². The van der Waals surface area contributed by atoms with Gasteiger partial charge in [0.2, 0.25) is 0 Å². The van der Waals surface area contributed by atoms with Crippen LogP contribution >= 0.6 is 11.3 Å². The summed E-state index contributed by atoms with van der Waals surface area (Å²) < 4.78 is 4.82. The molecule has 1 aliphatic heterocycles. The molecular formula is C17H28N4O2S. The summed E-state index contributed by atoms with van der Waals surface area (Å²) >= 11 is 1.65. The van der Waals surface area contributed by atoms with E-state index in [9.17, 15) is 4.79 Å². The molecule has 2 N–H and O–H groups in total. The van der Waals surface area contributed by atoms with Gasteiger partial charge in [-0.2, -0.15) is 0 Å². The average molecular weight is 353 g/mol. The van der Waals surface area contributed by atoms with Crippen LogP contribution in [0.1, 0.15) is 36.8 Å². The van der Waals surface area contributed by atoms with E-state index in [0.717, 1.165) is 51.9 Å². The number of thiazole rings is 1. The fourth-order valence-corrected chi connectivity index (χ4v) is 4.95. The number of ether oxygens (including phenoxy) is 1.